The molecule has 0 radical (unpaired) electrons. The van der Waals surface area contributed by atoms with E-state index in [-0.39, 0.29) is 12.0 Å². The van der Waals surface area contributed by atoms with Crippen LogP contribution in [0.15, 0.2) is 60.7 Å². The third kappa shape index (κ3) is 4.34. The van der Waals surface area contributed by atoms with Crippen molar-refractivity contribution in [1.82, 2.24) is 9.80 Å². The van der Waals surface area contributed by atoms with Crippen molar-refractivity contribution < 1.29 is 4.79 Å². The van der Waals surface area contributed by atoms with Gasteiger partial charge < -0.3 is 4.90 Å². The largest absolute Gasteiger partial charge is 0.340 e. The van der Waals surface area contributed by atoms with Crippen LogP contribution in [-0.2, 0) is 4.79 Å². The van der Waals surface area contributed by atoms with Gasteiger partial charge in [0.25, 0.3) is 0 Å². The Kier molecular flexibility index (Phi) is 6.45. The van der Waals surface area contributed by atoms with Crippen LogP contribution in [0.3, 0.4) is 0 Å². The van der Waals surface area contributed by atoms with Crippen LogP contribution in [0, 0.1) is 5.92 Å². The molecule has 0 aliphatic carbocycles. The molecule has 26 heavy (non-hydrogen) atoms. The molecule has 2 aromatic rings. The summed E-state index contributed by atoms with van der Waals surface area (Å²) in [6.07, 6.45) is 2.05. The number of hydrogen-bond acceptors (Lipinski definition) is 2. The van der Waals surface area contributed by atoms with Gasteiger partial charge in [0, 0.05) is 32.1 Å². The van der Waals surface area contributed by atoms with E-state index < -0.39 is 0 Å². The molecular weight excluding hydrogens is 320 g/mol. The van der Waals surface area contributed by atoms with E-state index in [0.29, 0.717) is 5.91 Å². The predicted octanol–water partition coefficient (Wildman–Crippen LogP) is 4.36. The third-order valence-corrected chi connectivity index (χ3v) is 5.36. The van der Waals surface area contributed by atoms with Crippen LogP contribution in [0.4, 0.5) is 0 Å². The maximum atomic E-state index is 12.6. The molecule has 2 aromatic carbocycles. The van der Waals surface area contributed by atoms with Gasteiger partial charge in [-0.15, -0.1) is 0 Å². The average Bonchev–Trinajstić information content (AvgIpc) is 2.70. The molecule has 0 bridgehead atoms. The van der Waals surface area contributed by atoms with Gasteiger partial charge in [-0.2, -0.15) is 0 Å². The van der Waals surface area contributed by atoms with Crippen LogP contribution >= 0.6 is 0 Å². The molecule has 1 saturated heterocycles. The van der Waals surface area contributed by atoms with Crippen molar-refractivity contribution in [3.8, 4) is 0 Å². The molecule has 1 amide bonds. The van der Waals surface area contributed by atoms with Gasteiger partial charge in [0.1, 0.15) is 0 Å². The topological polar surface area (TPSA) is 23.6 Å². The Labute approximate surface area is 157 Å². The monoisotopic (exact) mass is 350 g/mol. The van der Waals surface area contributed by atoms with Gasteiger partial charge in [0.15, 0.2) is 0 Å². The Morgan fingerprint density at radius 1 is 0.885 bits per heavy atom. The molecule has 138 valence electrons. The number of benzene rings is 2. The van der Waals surface area contributed by atoms with Crippen LogP contribution in [-0.4, -0.2) is 41.9 Å². The lowest BCUT2D eigenvalue weighted by Crippen LogP contribution is -2.51. The minimum atomic E-state index is 0.144. The minimum Gasteiger partial charge on any atom is -0.340 e. The molecule has 1 fully saturated rings. The molecule has 0 N–H and O–H groups in total. The van der Waals surface area contributed by atoms with Crippen LogP contribution in [0.25, 0.3) is 0 Å². The summed E-state index contributed by atoms with van der Waals surface area (Å²) in [5.41, 5.74) is 2.63. The third-order valence-electron chi connectivity index (χ3n) is 5.36. The molecule has 1 heterocycles. The van der Waals surface area contributed by atoms with E-state index in [0.717, 1.165) is 39.0 Å². The molecule has 0 aromatic heterocycles. The summed E-state index contributed by atoms with van der Waals surface area (Å²) >= 11 is 0. The van der Waals surface area contributed by atoms with Crippen molar-refractivity contribution in [2.45, 2.75) is 32.7 Å². The number of rotatable bonds is 6. The molecule has 3 nitrogen and oxygen atoms in total. The average molecular weight is 351 g/mol. The van der Waals surface area contributed by atoms with E-state index in [1.54, 1.807) is 0 Å². The molecule has 1 aliphatic rings. The Morgan fingerprint density at radius 3 is 1.85 bits per heavy atom. The van der Waals surface area contributed by atoms with Crippen LogP contribution < -0.4 is 0 Å². The van der Waals surface area contributed by atoms with Gasteiger partial charge >= 0.3 is 0 Å². The van der Waals surface area contributed by atoms with Crippen molar-refractivity contribution in [2.75, 3.05) is 26.2 Å². The summed E-state index contributed by atoms with van der Waals surface area (Å²) in [6, 6.07) is 21.6. The number of amides is 1. The van der Waals surface area contributed by atoms with Crippen LogP contribution in [0.2, 0.25) is 0 Å². The smallest absolute Gasteiger partial charge is 0.225 e. The van der Waals surface area contributed by atoms with Crippen molar-refractivity contribution >= 4 is 5.91 Å². The number of piperazine rings is 1. The lowest BCUT2D eigenvalue weighted by molar-refractivity contribution is -0.137. The van der Waals surface area contributed by atoms with Gasteiger partial charge in [-0.1, -0.05) is 80.9 Å². The Morgan fingerprint density at radius 2 is 1.38 bits per heavy atom. The molecule has 1 atom stereocenters. The van der Waals surface area contributed by atoms with Crippen molar-refractivity contribution in [1.29, 1.82) is 0 Å². The van der Waals surface area contributed by atoms with E-state index in [4.69, 9.17) is 0 Å². The fourth-order valence-electron chi connectivity index (χ4n) is 3.95. The van der Waals surface area contributed by atoms with E-state index >= 15 is 0 Å². The van der Waals surface area contributed by atoms with E-state index in [1.807, 2.05) is 0 Å². The first-order valence-corrected chi connectivity index (χ1v) is 9.83. The molecule has 0 spiro atoms. The van der Waals surface area contributed by atoms with Crippen LogP contribution in [0.5, 0.6) is 0 Å². The number of nitrogens with zero attached hydrogens (tertiary/aromatic N) is 2. The molecule has 3 heteroatoms. The second-order valence-electron chi connectivity index (χ2n) is 7.27. The first-order valence-electron chi connectivity index (χ1n) is 9.83. The molecule has 1 unspecified atom stereocenters. The Hall–Kier alpha value is -2.13. The van der Waals surface area contributed by atoms with E-state index in [1.165, 1.54) is 11.1 Å². The highest BCUT2D eigenvalue weighted by Crippen LogP contribution is 2.29. The second-order valence-corrected chi connectivity index (χ2v) is 7.27. The molecule has 0 saturated carbocycles. The SMILES string of the molecule is CCCC(C)C(=O)N1CCN(C(c2ccccc2)c2ccccc2)CC1. The number of hydrogen-bond donors (Lipinski definition) is 0. The predicted molar refractivity (Wildman–Crippen MR) is 107 cm³/mol. The summed E-state index contributed by atoms with van der Waals surface area (Å²) < 4.78 is 0. The van der Waals surface area contributed by atoms with Crippen LogP contribution in [0.1, 0.15) is 43.9 Å². The zero-order valence-electron chi connectivity index (χ0n) is 16.0. The van der Waals surface area contributed by atoms with Gasteiger partial charge in [0.2, 0.25) is 5.91 Å². The van der Waals surface area contributed by atoms with Crippen molar-refractivity contribution in [2.24, 2.45) is 5.92 Å². The highest BCUT2D eigenvalue weighted by atomic mass is 16.2. The zero-order valence-corrected chi connectivity index (χ0v) is 16.0. The second kappa shape index (κ2) is 9.00. The fraction of sp³-hybridized carbons (Fsp3) is 0.435. The highest BCUT2D eigenvalue weighted by molar-refractivity contribution is 5.78. The highest BCUT2D eigenvalue weighted by Gasteiger charge is 2.29. The normalized spacial score (nSPS) is 16.7. The van der Waals surface area contributed by atoms with E-state index in [2.05, 4.69) is 84.3 Å². The van der Waals surface area contributed by atoms with Crippen molar-refractivity contribution in [3.63, 3.8) is 0 Å². The summed E-state index contributed by atoms with van der Waals surface area (Å²) in [6.45, 7) is 7.69. The molecular formula is C23H30N2O. The molecule has 3 rings (SSSR count). The maximum absolute atomic E-state index is 12.6. The van der Waals surface area contributed by atoms with Gasteiger partial charge in [-0.05, 0) is 17.5 Å². The quantitative estimate of drug-likeness (QED) is 0.773. The standard InChI is InChI=1S/C23H30N2O/c1-3-10-19(2)23(26)25-17-15-24(16-18-25)22(20-11-6-4-7-12-20)21-13-8-5-9-14-21/h4-9,11-14,19,22H,3,10,15-18H2,1-2H3. The lowest BCUT2D eigenvalue weighted by Gasteiger charge is -2.40. The number of carbonyl (C=O) groups is 1. The van der Waals surface area contributed by atoms with Gasteiger partial charge in [-0.25, -0.2) is 0 Å². The first kappa shape index (κ1) is 18.7. The maximum Gasteiger partial charge on any atom is 0.225 e. The summed E-state index contributed by atoms with van der Waals surface area (Å²) in [5.74, 6) is 0.466. The lowest BCUT2D eigenvalue weighted by atomic mass is 9.96. The molecule has 1 aliphatic heterocycles. The van der Waals surface area contributed by atoms with Gasteiger partial charge in [-0.3, -0.25) is 9.69 Å². The Balaban J connectivity index is 1.73. The minimum absolute atomic E-state index is 0.144. The fourth-order valence-corrected chi connectivity index (χ4v) is 3.95. The Bertz CT molecular complexity index is 638. The van der Waals surface area contributed by atoms with Crippen molar-refractivity contribution in [3.05, 3.63) is 71.8 Å². The van der Waals surface area contributed by atoms with E-state index in [9.17, 15) is 4.79 Å². The first-order chi connectivity index (χ1) is 12.7. The summed E-state index contributed by atoms with van der Waals surface area (Å²) in [7, 11) is 0. The van der Waals surface area contributed by atoms with Gasteiger partial charge in [0.05, 0.1) is 6.04 Å². The summed E-state index contributed by atoms with van der Waals surface area (Å²) in [4.78, 5) is 17.2. The summed E-state index contributed by atoms with van der Waals surface area (Å²) in [5, 5.41) is 0. The number of carbonyl (C=O) groups excluding carboxylic acids is 1. The zero-order chi connectivity index (χ0) is 18.4.